The van der Waals surface area contributed by atoms with Gasteiger partial charge < -0.3 is 10.2 Å². The summed E-state index contributed by atoms with van der Waals surface area (Å²) in [5.41, 5.74) is 2.42. The summed E-state index contributed by atoms with van der Waals surface area (Å²) >= 11 is 0. The van der Waals surface area contributed by atoms with Gasteiger partial charge in [0.25, 0.3) is 0 Å². The Morgan fingerprint density at radius 3 is 2.30 bits per heavy atom. The number of carbonyl (C=O) groups is 2. The zero-order chi connectivity index (χ0) is 19.9. The van der Waals surface area contributed by atoms with Gasteiger partial charge in [-0.2, -0.15) is 0 Å². The van der Waals surface area contributed by atoms with Crippen LogP contribution < -0.4 is 5.32 Å². The first-order chi connectivity index (χ1) is 12.8. The number of rotatable bonds is 6. The Labute approximate surface area is 162 Å². The standard InChI is InChI=1S/C22H31N3O2/c1-5-12-23-20(26)17-24-13-15-25(16-14-24)21(27)11-8-18-6-9-19(10-7-18)22(2,3)4/h5-11H,1,12-17H2,2-4H3,(H,23,26)/b11-8+. The molecule has 0 atom stereocenters. The van der Waals surface area contributed by atoms with Gasteiger partial charge in [-0.15, -0.1) is 6.58 Å². The molecule has 0 spiro atoms. The van der Waals surface area contributed by atoms with Crippen molar-refractivity contribution in [3.63, 3.8) is 0 Å². The Bertz CT molecular complexity index is 679. The molecule has 146 valence electrons. The van der Waals surface area contributed by atoms with Crippen molar-refractivity contribution < 1.29 is 9.59 Å². The van der Waals surface area contributed by atoms with Crippen LogP contribution in [0.1, 0.15) is 31.9 Å². The van der Waals surface area contributed by atoms with E-state index in [1.165, 1.54) is 5.56 Å². The van der Waals surface area contributed by atoms with Gasteiger partial charge in [-0.25, -0.2) is 0 Å². The van der Waals surface area contributed by atoms with Crippen molar-refractivity contribution in [2.75, 3.05) is 39.3 Å². The van der Waals surface area contributed by atoms with Crippen LogP contribution in [0.2, 0.25) is 0 Å². The fourth-order valence-electron chi connectivity index (χ4n) is 2.94. The Hall–Kier alpha value is -2.40. The van der Waals surface area contributed by atoms with Gasteiger partial charge >= 0.3 is 0 Å². The molecule has 0 radical (unpaired) electrons. The van der Waals surface area contributed by atoms with E-state index in [9.17, 15) is 9.59 Å². The molecule has 0 unspecified atom stereocenters. The van der Waals surface area contributed by atoms with Crippen LogP contribution in [0.15, 0.2) is 43.0 Å². The number of piperazine rings is 1. The molecule has 1 N–H and O–H groups in total. The first-order valence-electron chi connectivity index (χ1n) is 9.47. The summed E-state index contributed by atoms with van der Waals surface area (Å²) in [6.45, 7) is 13.7. The summed E-state index contributed by atoms with van der Waals surface area (Å²) < 4.78 is 0. The molecule has 5 nitrogen and oxygen atoms in total. The molecule has 1 fully saturated rings. The molecule has 1 aromatic carbocycles. The molecule has 2 amide bonds. The predicted octanol–water partition coefficient (Wildman–Crippen LogP) is 2.44. The molecule has 0 aliphatic carbocycles. The van der Waals surface area contributed by atoms with Crippen LogP contribution in [0.5, 0.6) is 0 Å². The molecular weight excluding hydrogens is 338 g/mol. The van der Waals surface area contributed by atoms with Gasteiger partial charge in [-0.3, -0.25) is 14.5 Å². The number of hydrogen-bond acceptors (Lipinski definition) is 3. The van der Waals surface area contributed by atoms with Crippen LogP contribution in [-0.4, -0.2) is 60.9 Å². The van der Waals surface area contributed by atoms with Crippen molar-refractivity contribution in [3.8, 4) is 0 Å². The van der Waals surface area contributed by atoms with Gasteiger partial charge in [-0.05, 0) is 22.6 Å². The number of carbonyl (C=O) groups excluding carboxylic acids is 2. The molecule has 0 aromatic heterocycles. The minimum atomic E-state index is -0.00623. The summed E-state index contributed by atoms with van der Waals surface area (Å²) in [7, 11) is 0. The molecule has 27 heavy (non-hydrogen) atoms. The number of hydrogen-bond donors (Lipinski definition) is 1. The number of amides is 2. The van der Waals surface area contributed by atoms with Crippen LogP contribution in [0.25, 0.3) is 6.08 Å². The van der Waals surface area contributed by atoms with E-state index >= 15 is 0 Å². The van der Waals surface area contributed by atoms with Crippen molar-refractivity contribution in [2.45, 2.75) is 26.2 Å². The zero-order valence-electron chi connectivity index (χ0n) is 16.7. The molecule has 0 bridgehead atoms. The number of nitrogens with one attached hydrogen (secondary N) is 1. The van der Waals surface area contributed by atoms with Gasteiger partial charge in [0.15, 0.2) is 0 Å². The third-order valence-corrected chi connectivity index (χ3v) is 4.69. The summed E-state index contributed by atoms with van der Waals surface area (Å²) in [6.07, 6.45) is 5.17. The van der Waals surface area contributed by atoms with Crippen LogP contribution in [0, 0.1) is 0 Å². The van der Waals surface area contributed by atoms with Crippen molar-refractivity contribution in [1.29, 1.82) is 0 Å². The van der Waals surface area contributed by atoms with E-state index in [2.05, 4.69) is 49.7 Å². The van der Waals surface area contributed by atoms with Gasteiger partial charge in [-0.1, -0.05) is 51.1 Å². The number of nitrogens with zero attached hydrogens (tertiary/aromatic N) is 2. The van der Waals surface area contributed by atoms with Crippen molar-refractivity contribution in [1.82, 2.24) is 15.1 Å². The maximum Gasteiger partial charge on any atom is 0.246 e. The van der Waals surface area contributed by atoms with E-state index in [0.29, 0.717) is 39.3 Å². The van der Waals surface area contributed by atoms with Gasteiger partial charge in [0.2, 0.25) is 11.8 Å². The lowest BCUT2D eigenvalue weighted by molar-refractivity contribution is -0.128. The second-order valence-electron chi connectivity index (χ2n) is 7.90. The second kappa shape index (κ2) is 9.51. The van der Waals surface area contributed by atoms with E-state index in [-0.39, 0.29) is 17.2 Å². The van der Waals surface area contributed by atoms with Crippen LogP contribution >= 0.6 is 0 Å². The maximum absolute atomic E-state index is 12.4. The van der Waals surface area contributed by atoms with Gasteiger partial charge in [0.1, 0.15) is 0 Å². The van der Waals surface area contributed by atoms with Crippen LogP contribution in [-0.2, 0) is 15.0 Å². The lowest BCUT2D eigenvalue weighted by Gasteiger charge is -2.33. The minimum absolute atomic E-state index is 0.00623. The van der Waals surface area contributed by atoms with Crippen LogP contribution in [0.3, 0.4) is 0 Å². The monoisotopic (exact) mass is 369 g/mol. The lowest BCUT2D eigenvalue weighted by Crippen LogP contribution is -2.50. The molecule has 1 heterocycles. The lowest BCUT2D eigenvalue weighted by atomic mass is 9.87. The highest BCUT2D eigenvalue weighted by Gasteiger charge is 2.21. The van der Waals surface area contributed by atoms with E-state index in [0.717, 1.165) is 5.56 Å². The fraction of sp³-hybridized carbons (Fsp3) is 0.455. The smallest absolute Gasteiger partial charge is 0.246 e. The van der Waals surface area contributed by atoms with E-state index in [4.69, 9.17) is 0 Å². The Kier molecular flexibility index (Phi) is 7.36. The van der Waals surface area contributed by atoms with Gasteiger partial charge in [0.05, 0.1) is 6.54 Å². The second-order valence-corrected chi connectivity index (χ2v) is 7.90. The van der Waals surface area contributed by atoms with Gasteiger partial charge in [0, 0.05) is 38.8 Å². The quantitative estimate of drug-likeness (QED) is 0.619. The largest absolute Gasteiger partial charge is 0.352 e. The Balaban J connectivity index is 1.81. The average molecular weight is 370 g/mol. The topological polar surface area (TPSA) is 52.7 Å². The molecule has 1 aliphatic heterocycles. The molecular formula is C22H31N3O2. The Morgan fingerprint density at radius 2 is 1.74 bits per heavy atom. The van der Waals surface area contributed by atoms with E-state index in [1.807, 2.05) is 23.1 Å². The molecule has 5 heteroatoms. The summed E-state index contributed by atoms with van der Waals surface area (Å²) in [5, 5.41) is 2.77. The van der Waals surface area contributed by atoms with E-state index in [1.54, 1.807) is 12.2 Å². The normalized spacial score (nSPS) is 15.7. The molecule has 1 saturated heterocycles. The molecule has 1 aliphatic rings. The van der Waals surface area contributed by atoms with Crippen molar-refractivity contribution >= 4 is 17.9 Å². The summed E-state index contributed by atoms with van der Waals surface area (Å²) in [5.74, 6) is 0.0129. The SMILES string of the molecule is C=CCNC(=O)CN1CCN(C(=O)/C=C/c2ccc(C(C)(C)C)cc2)CC1. The highest BCUT2D eigenvalue weighted by atomic mass is 16.2. The third kappa shape index (κ3) is 6.68. The Morgan fingerprint density at radius 1 is 1.11 bits per heavy atom. The number of benzene rings is 1. The molecule has 1 aromatic rings. The third-order valence-electron chi connectivity index (χ3n) is 4.69. The van der Waals surface area contributed by atoms with Crippen LogP contribution in [0.4, 0.5) is 0 Å². The van der Waals surface area contributed by atoms with Crippen molar-refractivity contribution in [2.24, 2.45) is 0 Å². The highest BCUT2D eigenvalue weighted by molar-refractivity contribution is 5.91. The average Bonchev–Trinajstić information content (AvgIpc) is 2.64. The minimum Gasteiger partial charge on any atom is -0.352 e. The molecule has 2 rings (SSSR count). The highest BCUT2D eigenvalue weighted by Crippen LogP contribution is 2.22. The summed E-state index contributed by atoms with van der Waals surface area (Å²) in [4.78, 5) is 28.0. The van der Waals surface area contributed by atoms with Crippen molar-refractivity contribution in [3.05, 3.63) is 54.1 Å². The van der Waals surface area contributed by atoms with E-state index < -0.39 is 0 Å². The maximum atomic E-state index is 12.4. The zero-order valence-corrected chi connectivity index (χ0v) is 16.7. The predicted molar refractivity (Wildman–Crippen MR) is 110 cm³/mol. The summed E-state index contributed by atoms with van der Waals surface area (Å²) in [6, 6.07) is 8.31. The first kappa shape index (κ1) is 20.9. The first-order valence-corrected chi connectivity index (χ1v) is 9.47. The fourth-order valence-corrected chi connectivity index (χ4v) is 2.94. The molecule has 0 saturated carbocycles.